The van der Waals surface area contributed by atoms with Gasteiger partial charge in [0.1, 0.15) is 4.90 Å². The van der Waals surface area contributed by atoms with Crippen LogP contribution in [0.1, 0.15) is 19.4 Å². The Morgan fingerprint density at radius 2 is 1.94 bits per heavy atom. The zero-order valence-electron chi connectivity index (χ0n) is 10.2. The van der Waals surface area contributed by atoms with Crippen LogP contribution in [0.15, 0.2) is 17.0 Å². The van der Waals surface area contributed by atoms with E-state index in [4.69, 9.17) is 28.9 Å². The van der Waals surface area contributed by atoms with Crippen molar-refractivity contribution in [2.75, 3.05) is 6.54 Å². The lowest BCUT2D eigenvalue weighted by atomic mass is 10.2. The normalized spacial score (nSPS) is 12.1. The molecule has 1 rings (SSSR count). The molecule has 1 aromatic carbocycles. The van der Waals surface area contributed by atoms with Crippen LogP contribution in [0.5, 0.6) is 0 Å². The molecule has 102 valence electrons. The van der Waals surface area contributed by atoms with Crippen molar-refractivity contribution in [2.45, 2.75) is 25.3 Å². The summed E-state index contributed by atoms with van der Waals surface area (Å²) in [6.07, 6.45) is 0. The molecule has 1 aromatic rings. The van der Waals surface area contributed by atoms with Gasteiger partial charge in [-0.05, 0) is 18.1 Å². The molecule has 0 unspecified atom stereocenters. The zero-order valence-corrected chi connectivity index (χ0v) is 12.5. The molecule has 0 saturated heterocycles. The van der Waals surface area contributed by atoms with Crippen molar-refractivity contribution in [1.29, 1.82) is 0 Å². The molecule has 4 nitrogen and oxygen atoms in total. The standard InChI is InChI=1S/C11H16Cl2N2O2S/c1-7(2)6-15-18(16,17)10-4-3-9(12)8(5-14)11(10)13/h3-4,7,15H,5-6,14H2,1-2H3. The van der Waals surface area contributed by atoms with E-state index in [-0.39, 0.29) is 22.4 Å². The largest absolute Gasteiger partial charge is 0.326 e. The third-order valence-corrected chi connectivity index (χ3v) is 4.69. The quantitative estimate of drug-likeness (QED) is 0.877. The number of nitrogens with two attached hydrogens (primary N) is 1. The number of nitrogens with one attached hydrogen (secondary N) is 1. The van der Waals surface area contributed by atoms with Gasteiger partial charge < -0.3 is 5.73 Å². The van der Waals surface area contributed by atoms with E-state index in [2.05, 4.69) is 4.72 Å². The summed E-state index contributed by atoms with van der Waals surface area (Å²) in [5, 5.41) is 0.451. The predicted molar refractivity (Wildman–Crippen MR) is 74.4 cm³/mol. The van der Waals surface area contributed by atoms with Gasteiger partial charge in [0.2, 0.25) is 10.0 Å². The molecule has 0 heterocycles. The summed E-state index contributed by atoms with van der Waals surface area (Å²) in [6.45, 7) is 4.26. The number of sulfonamides is 1. The lowest BCUT2D eigenvalue weighted by molar-refractivity contribution is 0.560. The summed E-state index contributed by atoms with van der Waals surface area (Å²) in [6, 6.07) is 2.87. The monoisotopic (exact) mass is 310 g/mol. The van der Waals surface area contributed by atoms with Gasteiger partial charge in [0.15, 0.2) is 0 Å². The second-order valence-corrected chi connectivity index (χ2v) is 6.81. The summed E-state index contributed by atoms with van der Waals surface area (Å²) in [4.78, 5) is 0.00895. The predicted octanol–water partition coefficient (Wildman–Crippen LogP) is 2.39. The number of hydrogen-bond donors (Lipinski definition) is 2. The Bertz CT molecular complexity index is 530. The van der Waals surface area contributed by atoms with Gasteiger partial charge >= 0.3 is 0 Å². The fourth-order valence-electron chi connectivity index (χ4n) is 1.32. The number of halogens is 2. The van der Waals surface area contributed by atoms with E-state index in [9.17, 15) is 8.42 Å². The molecule has 0 saturated carbocycles. The molecular weight excluding hydrogens is 295 g/mol. The fourth-order valence-corrected chi connectivity index (χ4v) is 3.47. The van der Waals surface area contributed by atoms with Crippen molar-refractivity contribution < 1.29 is 8.42 Å². The van der Waals surface area contributed by atoms with Gasteiger partial charge in [0.05, 0.1) is 5.02 Å². The maximum atomic E-state index is 12.1. The molecular formula is C11H16Cl2N2O2S. The molecule has 0 amide bonds. The lowest BCUT2D eigenvalue weighted by Crippen LogP contribution is -2.28. The second-order valence-electron chi connectivity index (χ2n) is 4.29. The Morgan fingerprint density at radius 3 is 2.44 bits per heavy atom. The summed E-state index contributed by atoms with van der Waals surface area (Å²) >= 11 is 11.9. The van der Waals surface area contributed by atoms with Gasteiger partial charge in [-0.3, -0.25) is 0 Å². The maximum Gasteiger partial charge on any atom is 0.242 e. The summed E-state index contributed by atoms with van der Waals surface area (Å²) < 4.78 is 26.6. The minimum absolute atomic E-state index is 0.00895. The SMILES string of the molecule is CC(C)CNS(=O)(=O)c1ccc(Cl)c(CN)c1Cl. The van der Waals surface area contributed by atoms with Gasteiger partial charge in [-0.25, -0.2) is 13.1 Å². The highest BCUT2D eigenvalue weighted by molar-refractivity contribution is 7.89. The number of rotatable bonds is 5. The third kappa shape index (κ3) is 3.59. The highest BCUT2D eigenvalue weighted by Crippen LogP contribution is 2.30. The Morgan fingerprint density at radius 1 is 1.33 bits per heavy atom. The zero-order chi connectivity index (χ0) is 13.9. The van der Waals surface area contributed by atoms with Crippen molar-refractivity contribution in [2.24, 2.45) is 11.7 Å². The van der Waals surface area contributed by atoms with E-state index < -0.39 is 10.0 Å². The second kappa shape index (κ2) is 6.21. The molecule has 0 aliphatic rings. The highest BCUT2D eigenvalue weighted by Gasteiger charge is 2.21. The Kier molecular flexibility index (Phi) is 5.43. The Balaban J connectivity index is 3.17. The van der Waals surface area contributed by atoms with E-state index in [0.29, 0.717) is 17.1 Å². The van der Waals surface area contributed by atoms with Gasteiger partial charge in [-0.15, -0.1) is 0 Å². The van der Waals surface area contributed by atoms with Crippen LogP contribution < -0.4 is 10.5 Å². The Hall–Kier alpha value is -0.330. The average molecular weight is 311 g/mol. The van der Waals surface area contributed by atoms with E-state index in [0.717, 1.165) is 0 Å². The van der Waals surface area contributed by atoms with Gasteiger partial charge in [0.25, 0.3) is 0 Å². The van der Waals surface area contributed by atoms with Crippen LogP contribution in [0.3, 0.4) is 0 Å². The van der Waals surface area contributed by atoms with E-state index >= 15 is 0 Å². The highest BCUT2D eigenvalue weighted by atomic mass is 35.5. The summed E-state index contributed by atoms with van der Waals surface area (Å²) in [5.74, 6) is 0.208. The van der Waals surface area contributed by atoms with Crippen LogP contribution in [-0.4, -0.2) is 15.0 Å². The molecule has 0 radical (unpaired) electrons. The Labute approximate surface area is 118 Å². The molecule has 0 aliphatic carbocycles. The minimum atomic E-state index is -3.63. The van der Waals surface area contributed by atoms with E-state index in [1.807, 2.05) is 13.8 Å². The van der Waals surface area contributed by atoms with Gasteiger partial charge in [-0.2, -0.15) is 0 Å². The third-order valence-electron chi connectivity index (χ3n) is 2.33. The summed E-state index contributed by atoms with van der Waals surface area (Å²) in [5.41, 5.74) is 5.94. The average Bonchev–Trinajstić information content (AvgIpc) is 2.27. The first-order chi connectivity index (χ1) is 8.29. The van der Waals surface area contributed by atoms with Crippen LogP contribution in [0.4, 0.5) is 0 Å². The molecule has 0 spiro atoms. The first-order valence-electron chi connectivity index (χ1n) is 5.46. The first-order valence-corrected chi connectivity index (χ1v) is 7.70. The molecule has 0 aromatic heterocycles. The topological polar surface area (TPSA) is 72.2 Å². The minimum Gasteiger partial charge on any atom is -0.326 e. The van der Waals surface area contributed by atoms with Crippen LogP contribution in [0.2, 0.25) is 10.0 Å². The van der Waals surface area contributed by atoms with Crippen molar-refractivity contribution in [3.8, 4) is 0 Å². The molecule has 18 heavy (non-hydrogen) atoms. The molecule has 0 fully saturated rings. The van der Waals surface area contributed by atoms with Crippen molar-refractivity contribution in [1.82, 2.24) is 4.72 Å². The van der Waals surface area contributed by atoms with Crippen LogP contribution in [0.25, 0.3) is 0 Å². The molecule has 0 bridgehead atoms. The fraction of sp³-hybridized carbons (Fsp3) is 0.455. The van der Waals surface area contributed by atoms with Crippen molar-refractivity contribution in [3.63, 3.8) is 0 Å². The number of hydrogen-bond acceptors (Lipinski definition) is 3. The van der Waals surface area contributed by atoms with Crippen molar-refractivity contribution >= 4 is 33.2 Å². The van der Waals surface area contributed by atoms with E-state index in [1.54, 1.807) is 0 Å². The number of benzene rings is 1. The maximum absolute atomic E-state index is 12.1. The van der Waals surface area contributed by atoms with Crippen LogP contribution >= 0.6 is 23.2 Å². The molecule has 3 N–H and O–H groups in total. The smallest absolute Gasteiger partial charge is 0.242 e. The van der Waals surface area contributed by atoms with Gasteiger partial charge in [0, 0.05) is 23.7 Å². The summed E-state index contributed by atoms with van der Waals surface area (Å²) in [7, 11) is -3.63. The molecule has 7 heteroatoms. The van der Waals surface area contributed by atoms with E-state index in [1.165, 1.54) is 12.1 Å². The van der Waals surface area contributed by atoms with Gasteiger partial charge in [-0.1, -0.05) is 37.0 Å². The van der Waals surface area contributed by atoms with Crippen molar-refractivity contribution in [3.05, 3.63) is 27.7 Å². The molecule has 0 aliphatic heterocycles. The first kappa shape index (κ1) is 15.7. The lowest BCUT2D eigenvalue weighted by Gasteiger charge is -2.12. The van der Waals surface area contributed by atoms with Crippen LogP contribution in [-0.2, 0) is 16.6 Å². The molecule has 0 atom stereocenters. The van der Waals surface area contributed by atoms with Crippen LogP contribution in [0, 0.1) is 5.92 Å².